The van der Waals surface area contributed by atoms with E-state index in [0.29, 0.717) is 12.8 Å². The highest BCUT2D eigenvalue weighted by Gasteiger charge is 2.20. The van der Waals surface area contributed by atoms with E-state index in [9.17, 15) is 4.79 Å². The third-order valence-electron chi connectivity index (χ3n) is 5.92. The van der Waals surface area contributed by atoms with E-state index in [4.69, 9.17) is 4.74 Å². The molecule has 31 heavy (non-hydrogen) atoms. The topological polar surface area (TPSA) is 58.2 Å². The number of rotatable bonds is 7. The molecule has 0 fully saturated rings. The molecule has 0 aliphatic carbocycles. The van der Waals surface area contributed by atoms with Crippen LogP contribution in [0.2, 0.25) is 0 Å². The summed E-state index contributed by atoms with van der Waals surface area (Å²) in [4.78, 5) is 22.5. The number of hydrogen-bond acceptors (Lipinski definition) is 3. The number of aromatic amines is 1. The van der Waals surface area contributed by atoms with Gasteiger partial charge in [-0.25, -0.2) is 0 Å². The molecule has 0 aliphatic heterocycles. The molecule has 1 N–H and O–H groups in total. The van der Waals surface area contributed by atoms with E-state index in [1.807, 2.05) is 68.7 Å². The van der Waals surface area contributed by atoms with Gasteiger partial charge >= 0.3 is 0 Å². The quantitative estimate of drug-likeness (QED) is 0.442. The van der Waals surface area contributed by atoms with Crippen molar-refractivity contribution in [2.24, 2.45) is 0 Å². The molecule has 0 saturated heterocycles. The number of hydrogen-bond donors (Lipinski definition) is 1. The molecule has 2 aromatic carbocycles. The molecular formula is C26H27N3O2. The van der Waals surface area contributed by atoms with Crippen molar-refractivity contribution in [3.05, 3.63) is 84.2 Å². The Bertz CT molecular complexity index is 1170. The monoisotopic (exact) mass is 413 g/mol. The molecule has 5 heteroatoms. The summed E-state index contributed by atoms with van der Waals surface area (Å²) in [6.07, 6.45) is 4.66. The first-order valence-electron chi connectivity index (χ1n) is 10.5. The number of ether oxygens (including phenoxy) is 1. The minimum atomic E-state index is -0.0229. The van der Waals surface area contributed by atoms with Gasteiger partial charge in [0.2, 0.25) is 5.91 Å². The van der Waals surface area contributed by atoms with Gasteiger partial charge in [-0.15, -0.1) is 0 Å². The van der Waals surface area contributed by atoms with Gasteiger partial charge in [0.1, 0.15) is 5.75 Å². The molecule has 1 atom stereocenters. The summed E-state index contributed by atoms with van der Waals surface area (Å²) >= 11 is 0. The summed E-state index contributed by atoms with van der Waals surface area (Å²) in [5.41, 5.74) is 5.41. The third kappa shape index (κ3) is 4.31. The number of amides is 1. The smallest absolute Gasteiger partial charge is 0.223 e. The Morgan fingerprint density at radius 2 is 1.87 bits per heavy atom. The predicted molar refractivity (Wildman–Crippen MR) is 124 cm³/mol. The first-order chi connectivity index (χ1) is 15.1. The van der Waals surface area contributed by atoms with Crippen molar-refractivity contribution in [3.8, 4) is 17.0 Å². The minimum absolute atomic E-state index is 0.0229. The standard InChI is InChI=1S/C26H27N3O2/c1-18(20-7-6-16-27-17-20)29(2)25(30)15-14-23-22-8-4-5-9-24(22)28-26(23)19-10-12-21(31-3)13-11-19/h4-13,16-18,28H,14-15H2,1-3H3. The van der Waals surface area contributed by atoms with E-state index in [2.05, 4.69) is 22.1 Å². The Morgan fingerprint density at radius 3 is 2.58 bits per heavy atom. The van der Waals surface area contributed by atoms with Crippen LogP contribution in [0.1, 0.15) is 30.5 Å². The number of carbonyl (C=O) groups excluding carboxylic acids is 1. The molecule has 1 amide bonds. The molecule has 2 aromatic heterocycles. The number of carbonyl (C=O) groups is 1. The Kier molecular flexibility index (Phi) is 6.03. The van der Waals surface area contributed by atoms with Crippen LogP contribution in [0.4, 0.5) is 0 Å². The average Bonchev–Trinajstić information content (AvgIpc) is 3.20. The lowest BCUT2D eigenvalue weighted by atomic mass is 10.0. The van der Waals surface area contributed by atoms with Crippen molar-refractivity contribution in [1.29, 1.82) is 0 Å². The number of pyridine rings is 1. The van der Waals surface area contributed by atoms with Crippen molar-refractivity contribution < 1.29 is 9.53 Å². The molecular weight excluding hydrogens is 386 g/mol. The molecule has 5 nitrogen and oxygen atoms in total. The van der Waals surface area contributed by atoms with Crippen molar-refractivity contribution in [2.75, 3.05) is 14.2 Å². The Balaban J connectivity index is 1.58. The normalized spacial score (nSPS) is 12.0. The second-order valence-corrected chi connectivity index (χ2v) is 7.72. The van der Waals surface area contributed by atoms with E-state index in [1.54, 1.807) is 18.2 Å². The van der Waals surface area contributed by atoms with Crippen LogP contribution in [-0.2, 0) is 11.2 Å². The summed E-state index contributed by atoms with van der Waals surface area (Å²) < 4.78 is 5.29. The summed E-state index contributed by atoms with van der Waals surface area (Å²) in [6.45, 7) is 2.03. The van der Waals surface area contributed by atoms with Crippen molar-refractivity contribution >= 4 is 16.8 Å². The van der Waals surface area contributed by atoms with E-state index >= 15 is 0 Å². The molecule has 1 unspecified atom stereocenters. The van der Waals surface area contributed by atoms with Gasteiger partial charge in [0, 0.05) is 42.5 Å². The predicted octanol–water partition coefficient (Wildman–Crippen LogP) is 5.39. The van der Waals surface area contributed by atoms with Crippen LogP contribution < -0.4 is 4.74 Å². The molecule has 158 valence electrons. The molecule has 4 rings (SSSR count). The second-order valence-electron chi connectivity index (χ2n) is 7.72. The summed E-state index contributed by atoms with van der Waals surface area (Å²) in [5.74, 6) is 0.935. The van der Waals surface area contributed by atoms with E-state index in [0.717, 1.165) is 39.0 Å². The zero-order valence-electron chi connectivity index (χ0n) is 18.1. The molecule has 0 aliphatic rings. The van der Waals surface area contributed by atoms with E-state index in [-0.39, 0.29) is 11.9 Å². The summed E-state index contributed by atoms with van der Waals surface area (Å²) in [5, 5.41) is 1.16. The van der Waals surface area contributed by atoms with Gasteiger partial charge in [0.25, 0.3) is 0 Å². The Morgan fingerprint density at radius 1 is 1.10 bits per heavy atom. The van der Waals surface area contributed by atoms with Crippen LogP contribution in [0, 0.1) is 0 Å². The minimum Gasteiger partial charge on any atom is -0.497 e. The largest absolute Gasteiger partial charge is 0.497 e. The number of fused-ring (bicyclic) bond motifs is 1. The van der Waals surface area contributed by atoms with Gasteiger partial charge in [-0.2, -0.15) is 0 Å². The zero-order valence-corrected chi connectivity index (χ0v) is 18.1. The highest BCUT2D eigenvalue weighted by molar-refractivity contribution is 5.91. The van der Waals surface area contributed by atoms with Gasteiger partial charge in [0.05, 0.1) is 13.2 Å². The van der Waals surface area contributed by atoms with Gasteiger partial charge in [0.15, 0.2) is 0 Å². The number of H-pyrrole nitrogens is 1. The maximum absolute atomic E-state index is 13.0. The molecule has 0 saturated carbocycles. The zero-order chi connectivity index (χ0) is 21.8. The number of aromatic nitrogens is 2. The first-order valence-corrected chi connectivity index (χ1v) is 10.5. The third-order valence-corrected chi connectivity index (χ3v) is 5.92. The van der Waals surface area contributed by atoms with Crippen LogP contribution in [0.25, 0.3) is 22.2 Å². The van der Waals surface area contributed by atoms with Gasteiger partial charge in [-0.1, -0.05) is 24.3 Å². The number of nitrogens with one attached hydrogen (secondary N) is 1. The van der Waals surface area contributed by atoms with E-state index < -0.39 is 0 Å². The maximum atomic E-state index is 13.0. The van der Waals surface area contributed by atoms with Crippen molar-refractivity contribution in [3.63, 3.8) is 0 Å². The lowest BCUT2D eigenvalue weighted by Gasteiger charge is -2.25. The first kappa shape index (κ1) is 20.7. The Hall–Kier alpha value is -3.60. The summed E-state index contributed by atoms with van der Waals surface area (Å²) in [6, 6.07) is 20.1. The average molecular weight is 414 g/mol. The molecule has 0 spiro atoms. The van der Waals surface area contributed by atoms with Crippen LogP contribution in [0.3, 0.4) is 0 Å². The number of para-hydroxylation sites is 1. The molecule has 4 aromatic rings. The van der Waals surface area contributed by atoms with Crippen LogP contribution in [0.15, 0.2) is 73.1 Å². The number of aryl methyl sites for hydroxylation is 1. The SMILES string of the molecule is COc1ccc(-c2[nH]c3ccccc3c2CCC(=O)N(C)C(C)c2cccnc2)cc1. The highest BCUT2D eigenvalue weighted by atomic mass is 16.5. The van der Waals surface area contributed by atoms with Gasteiger partial charge in [-0.05, 0) is 66.4 Å². The fraction of sp³-hybridized carbons (Fsp3) is 0.231. The second kappa shape index (κ2) is 9.04. The number of methoxy groups -OCH3 is 1. The van der Waals surface area contributed by atoms with Crippen LogP contribution >= 0.6 is 0 Å². The lowest BCUT2D eigenvalue weighted by Crippen LogP contribution is -2.29. The molecule has 0 radical (unpaired) electrons. The van der Waals surface area contributed by atoms with Crippen LogP contribution in [-0.4, -0.2) is 34.9 Å². The highest BCUT2D eigenvalue weighted by Crippen LogP contribution is 2.32. The lowest BCUT2D eigenvalue weighted by molar-refractivity contribution is -0.131. The Labute approximate surface area is 182 Å². The van der Waals surface area contributed by atoms with Crippen molar-refractivity contribution in [2.45, 2.75) is 25.8 Å². The van der Waals surface area contributed by atoms with Crippen LogP contribution in [0.5, 0.6) is 5.75 Å². The van der Waals surface area contributed by atoms with Gasteiger partial charge < -0.3 is 14.6 Å². The molecule has 0 bridgehead atoms. The fourth-order valence-electron chi connectivity index (χ4n) is 3.93. The summed E-state index contributed by atoms with van der Waals surface area (Å²) in [7, 11) is 3.53. The van der Waals surface area contributed by atoms with Gasteiger partial charge in [-0.3, -0.25) is 9.78 Å². The maximum Gasteiger partial charge on any atom is 0.223 e. The van der Waals surface area contributed by atoms with Crippen molar-refractivity contribution in [1.82, 2.24) is 14.9 Å². The molecule has 2 heterocycles. The number of benzene rings is 2. The fourth-order valence-corrected chi connectivity index (χ4v) is 3.93. The number of nitrogens with zero attached hydrogens (tertiary/aromatic N) is 2. The van der Waals surface area contributed by atoms with E-state index in [1.165, 1.54) is 0 Å².